The lowest BCUT2D eigenvalue weighted by molar-refractivity contribution is 0.144. The Morgan fingerprint density at radius 2 is 1.96 bits per heavy atom. The molecule has 3 rings (SSSR count). The second-order valence-electron chi connectivity index (χ2n) is 6.35. The monoisotopic (exact) mass is 360 g/mol. The van der Waals surface area contributed by atoms with Gasteiger partial charge in [-0.05, 0) is 24.6 Å². The number of aryl methyl sites for hydroxylation is 1. The molecule has 1 aliphatic heterocycles. The Bertz CT molecular complexity index is 706. The first kappa shape index (κ1) is 18.5. The van der Waals surface area contributed by atoms with Crippen LogP contribution in [0.4, 0.5) is 0 Å². The number of hydrogen-bond acceptors (Lipinski definition) is 6. The summed E-state index contributed by atoms with van der Waals surface area (Å²) in [6.45, 7) is 6.10. The number of aromatic nitrogens is 2. The molecule has 1 aromatic carbocycles. The van der Waals surface area contributed by atoms with Crippen LogP contribution in [0.1, 0.15) is 24.4 Å². The Labute approximate surface area is 154 Å². The van der Waals surface area contributed by atoms with Gasteiger partial charge in [0.05, 0.1) is 26.9 Å². The van der Waals surface area contributed by atoms with E-state index in [2.05, 4.69) is 19.8 Å². The van der Waals surface area contributed by atoms with E-state index in [1.165, 1.54) is 0 Å². The third-order valence-corrected chi connectivity index (χ3v) is 4.71. The van der Waals surface area contributed by atoms with Crippen molar-refractivity contribution in [1.82, 2.24) is 19.8 Å². The summed E-state index contributed by atoms with van der Waals surface area (Å²) in [5.74, 6) is 3.12. The minimum absolute atomic E-state index is 0.229. The first-order valence-electron chi connectivity index (χ1n) is 8.97. The van der Waals surface area contributed by atoms with Gasteiger partial charge in [0.25, 0.3) is 0 Å². The molecule has 1 saturated heterocycles. The van der Waals surface area contributed by atoms with Gasteiger partial charge in [0.2, 0.25) is 5.75 Å². The summed E-state index contributed by atoms with van der Waals surface area (Å²) in [7, 11) is 5.35. The third-order valence-electron chi connectivity index (χ3n) is 4.71. The molecular formula is C19H28N4O3. The molecule has 2 aromatic rings. The number of nitrogens with zero attached hydrogens (tertiary/aromatic N) is 3. The summed E-state index contributed by atoms with van der Waals surface area (Å²) in [4.78, 5) is 6.99. The van der Waals surface area contributed by atoms with Gasteiger partial charge in [-0.25, -0.2) is 4.98 Å². The molecule has 2 heterocycles. The quantitative estimate of drug-likeness (QED) is 0.815. The maximum absolute atomic E-state index is 5.70. The first-order valence-corrected chi connectivity index (χ1v) is 8.97. The van der Waals surface area contributed by atoms with E-state index >= 15 is 0 Å². The highest BCUT2D eigenvalue weighted by atomic mass is 16.5. The number of nitrogens with one attached hydrogen (secondary N) is 1. The number of imidazole rings is 1. The zero-order valence-electron chi connectivity index (χ0n) is 16.0. The summed E-state index contributed by atoms with van der Waals surface area (Å²) in [6, 6.07) is 4.29. The van der Waals surface area contributed by atoms with E-state index < -0.39 is 0 Å². The van der Waals surface area contributed by atoms with Crippen molar-refractivity contribution in [3.05, 3.63) is 35.9 Å². The standard InChI is InChI=1S/C19H28N4O3/c1-5-26-18-16(24-3)10-14(11-17(18)25-4)13-23-9-6-20-12-15(23)19-21-7-8-22(19)2/h7-8,10-11,15,20H,5-6,9,12-13H2,1-4H3. The van der Waals surface area contributed by atoms with Gasteiger partial charge in [-0.2, -0.15) is 0 Å². The van der Waals surface area contributed by atoms with Gasteiger partial charge in [0.15, 0.2) is 11.5 Å². The lowest BCUT2D eigenvalue weighted by Crippen LogP contribution is -2.46. The van der Waals surface area contributed by atoms with E-state index in [4.69, 9.17) is 14.2 Å². The van der Waals surface area contributed by atoms with Crippen molar-refractivity contribution in [2.45, 2.75) is 19.5 Å². The van der Waals surface area contributed by atoms with Gasteiger partial charge < -0.3 is 24.1 Å². The van der Waals surface area contributed by atoms with Gasteiger partial charge in [-0.1, -0.05) is 0 Å². The Hall–Kier alpha value is -2.25. The Balaban J connectivity index is 1.87. The topological polar surface area (TPSA) is 60.8 Å². The van der Waals surface area contributed by atoms with Crippen molar-refractivity contribution in [3.63, 3.8) is 0 Å². The average Bonchev–Trinajstić information content (AvgIpc) is 3.09. The van der Waals surface area contributed by atoms with Crippen LogP contribution in [0.3, 0.4) is 0 Å². The average molecular weight is 360 g/mol. The van der Waals surface area contributed by atoms with Crippen molar-refractivity contribution in [3.8, 4) is 17.2 Å². The third kappa shape index (κ3) is 3.78. The number of ether oxygens (including phenoxy) is 3. The van der Waals surface area contributed by atoms with Crippen LogP contribution in [0.25, 0.3) is 0 Å². The van der Waals surface area contributed by atoms with Crippen molar-refractivity contribution < 1.29 is 14.2 Å². The molecule has 0 amide bonds. The molecule has 0 aliphatic carbocycles. The molecule has 1 fully saturated rings. The molecule has 1 unspecified atom stereocenters. The van der Waals surface area contributed by atoms with Crippen molar-refractivity contribution in [2.75, 3.05) is 40.5 Å². The molecule has 1 aliphatic rings. The van der Waals surface area contributed by atoms with Gasteiger partial charge in [0, 0.05) is 45.6 Å². The molecular weight excluding hydrogens is 332 g/mol. The zero-order chi connectivity index (χ0) is 18.5. The Morgan fingerprint density at radius 3 is 2.54 bits per heavy atom. The van der Waals surface area contributed by atoms with E-state index in [1.54, 1.807) is 14.2 Å². The summed E-state index contributed by atoms with van der Waals surface area (Å²) in [6.07, 6.45) is 3.84. The molecule has 0 radical (unpaired) electrons. The normalized spacial score (nSPS) is 17.9. The second-order valence-corrected chi connectivity index (χ2v) is 6.35. The number of benzene rings is 1. The van der Waals surface area contributed by atoms with Gasteiger partial charge in [0.1, 0.15) is 5.82 Å². The highest BCUT2D eigenvalue weighted by Gasteiger charge is 2.27. The summed E-state index contributed by atoms with van der Waals surface area (Å²) in [5, 5.41) is 3.47. The van der Waals surface area contributed by atoms with Crippen LogP contribution >= 0.6 is 0 Å². The highest BCUT2D eigenvalue weighted by Crippen LogP contribution is 2.39. The van der Waals surface area contributed by atoms with Crippen LogP contribution in [0.2, 0.25) is 0 Å². The fourth-order valence-corrected chi connectivity index (χ4v) is 3.44. The van der Waals surface area contributed by atoms with Crippen LogP contribution < -0.4 is 19.5 Å². The van der Waals surface area contributed by atoms with Crippen LogP contribution in [0.15, 0.2) is 24.5 Å². The van der Waals surface area contributed by atoms with E-state index in [0.717, 1.165) is 37.6 Å². The molecule has 26 heavy (non-hydrogen) atoms. The number of methoxy groups -OCH3 is 2. The fourth-order valence-electron chi connectivity index (χ4n) is 3.44. The first-order chi connectivity index (χ1) is 12.7. The van der Waals surface area contributed by atoms with Crippen molar-refractivity contribution >= 4 is 0 Å². The Kier molecular flexibility index (Phi) is 6.00. The largest absolute Gasteiger partial charge is 0.493 e. The maximum atomic E-state index is 5.70. The minimum atomic E-state index is 0.229. The number of piperazine rings is 1. The van der Waals surface area contributed by atoms with Gasteiger partial charge in [-0.3, -0.25) is 4.90 Å². The molecule has 0 spiro atoms. The smallest absolute Gasteiger partial charge is 0.203 e. The van der Waals surface area contributed by atoms with Crippen LogP contribution in [0, 0.1) is 0 Å². The second kappa shape index (κ2) is 8.42. The van der Waals surface area contributed by atoms with Crippen LogP contribution in [-0.2, 0) is 13.6 Å². The van der Waals surface area contributed by atoms with Gasteiger partial charge in [-0.15, -0.1) is 0 Å². The number of hydrogen-bond donors (Lipinski definition) is 1. The van der Waals surface area contributed by atoms with E-state index in [-0.39, 0.29) is 6.04 Å². The summed E-state index contributed by atoms with van der Waals surface area (Å²) in [5.41, 5.74) is 1.13. The van der Waals surface area contributed by atoms with Crippen LogP contribution in [-0.4, -0.2) is 54.9 Å². The molecule has 0 bridgehead atoms. The summed E-state index contributed by atoms with van der Waals surface area (Å²) >= 11 is 0. The Morgan fingerprint density at radius 1 is 1.23 bits per heavy atom. The fraction of sp³-hybridized carbons (Fsp3) is 0.526. The minimum Gasteiger partial charge on any atom is -0.493 e. The predicted molar refractivity (Wildman–Crippen MR) is 99.9 cm³/mol. The molecule has 7 nitrogen and oxygen atoms in total. The zero-order valence-corrected chi connectivity index (χ0v) is 16.0. The van der Waals surface area contributed by atoms with E-state index in [1.807, 2.05) is 38.5 Å². The van der Waals surface area contributed by atoms with Crippen molar-refractivity contribution in [2.24, 2.45) is 7.05 Å². The van der Waals surface area contributed by atoms with Crippen molar-refractivity contribution in [1.29, 1.82) is 0 Å². The lowest BCUT2D eigenvalue weighted by Gasteiger charge is -2.35. The van der Waals surface area contributed by atoms with E-state index in [0.29, 0.717) is 23.9 Å². The van der Waals surface area contributed by atoms with Gasteiger partial charge >= 0.3 is 0 Å². The molecule has 1 N–H and O–H groups in total. The summed E-state index contributed by atoms with van der Waals surface area (Å²) < 4.78 is 18.9. The van der Waals surface area contributed by atoms with Crippen LogP contribution in [0.5, 0.6) is 17.2 Å². The molecule has 1 atom stereocenters. The molecule has 142 valence electrons. The lowest BCUT2D eigenvalue weighted by atomic mass is 10.1. The molecule has 0 saturated carbocycles. The number of rotatable bonds is 7. The molecule has 7 heteroatoms. The molecule has 1 aromatic heterocycles. The predicted octanol–water partition coefficient (Wildman–Crippen LogP) is 1.98. The highest BCUT2D eigenvalue weighted by molar-refractivity contribution is 5.53. The maximum Gasteiger partial charge on any atom is 0.203 e. The van der Waals surface area contributed by atoms with E-state index in [9.17, 15) is 0 Å². The SMILES string of the molecule is CCOc1c(OC)cc(CN2CCNCC2c2nccn2C)cc1OC.